The molecule has 3 heterocycles. The second-order valence-electron chi connectivity index (χ2n) is 13.2. The van der Waals surface area contributed by atoms with Crippen LogP contribution in [0.15, 0.2) is 199 Å². The number of aliphatic imine (C=N–C) groups is 1. The van der Waals surface area contributed by atoms with Crippen molar-refractivity contribution in [2.45, 2.75) is 12.1 Å². The van der Waals surface area contributed by atoms with E-state index in [0.717, 1.165) is 61.9 Å². The summed E-state index contributed by atoms with van der Waals surface area (Å²) < 4.78 is 0. The molecule has 0 saturated carbocycles. The Labute approximate surface area is 304 Å². The van der Waals surface area contributed by atoms with Gasteiger partial charge in [0.1, 0.15) is 5.84 Å². The van der Waals surface area contributed by atoms with Crippen molar-refractivity contribution in [1.82, 2.24) is 15.6 Å². The molecule has 0 radical (unpaired) electrons. The number of aromatic nitrogens is 1. The third-order valence-corrected chi connectivity index (χ3v) is 9.76. The molecule has 0 amide bonds. The topological polar surface area (TPSA) is 49.3 Å². The third-order valence-electron chi connectivity index (χ3n) is 9.76. The maximum absolute atomic E-state index is 5.31. The van der Waals surface area contributed by atoms with Crippen LogP contribution < -0.4 is 10.6 Å². The first kappa shape index (κ1) is 31.2. The number of fused-ring (bicyclic) bond motifs is 1. The van der Waals surface area contributed by atoms with Crippen molar-refractivity contribution in [3.8, 4) is 44.8 Å². The van der Waals surface area contributed by atoms with Crippen molar-refractivity contribution < 1.29 is 0 Å². The zero-order valence-electron chi connectivity index (χ0n) is 28.5. The van der Waals surface area contributed by atoms with E-state index >= 15 is 0 Å². The maximum atomic E-state index is 5.31. The largest absolute Gasteiger partial charge is 0.381 e. The Kier molecular flexibility index (Phi) is 8.32. The van der Waals surface area contributed by atoms with Crippen molar-refractivity contribution in [3.63, 3.8) is 0 Å². The van der Waals surface area contributed by atoms with E-state index in [1.165, 1.54) is 16.7 Å². The first-order valence-corrected chi connectivity index (χ1v) is 17.7. The molecule has 2 N–H and O–H groups in total. The highest BCUT2D eigenvalue weighted by molar-refractivity contribution is 6.03. The van der Waals surface area contributed by atoms with Crippen LogP contribution in [-0.2, 0) is 0 Å². The van der Waals surface area contributed by atoms with Crippen LogP contribution >= 0.6 is 0 Å². The van der Waals surface area contributed by atoms with Gasteiger partial charge < -0.3 is 10.6 Å². The number of pyridine rings is 1. The number of amidine groups is 1. The van der Waals surface area contributed by atoms with E-state index in [-0.39, 0.29) is 12.1 Å². The molecule has 52 heavy (non-hydrogen) atoms. The third kappa shape index (κ3) is 6.34. The molecule has 0 saturated heterocycles. The van der Waals surface area contributed by atoms with Crippen LogP contribution in [0, 0.1) is 0 Å². The van der Waals surface area contributed by atoms with E-state index in [9.17, 15) is 0 Å². The second-order valence-corrected chi connectivity index (χ2v) is 13.2. The van der Waals surface area contributed by atoms with Gasteiger partial charge in [0, 0.05) is 22.3 Å². The van der Waals surface area contributed by atoms with Gasteiger partial charge in [-0.2, -0.15) is 0 Å². The number of benzene rings is 6. The lowest BCUT2D eigenvalue weighted by Crippen LogP contribution is -2.33. The summed E-state index contributed by atoms with van der Waals surface area (Å²) in [5.41, 5.74) is 14.0. The van der Waals surface area contributed by atoms with Gasteiger partial charge in [-0.3, -0.25) is 0 Å². The molecule has 6 aromatic carbocycles. The molecule has 0 spiro atoms. The average Bonchev–Trinajstić information content (AvgIpc) is 3.24. The van der Waals surface area contributed by atoms with Crippen molar-refractivity contribution >= 4 is 11.5 Å². The SMILES string of the molecule is C1=CNC(c2cc(C3=Nc4ccc(-c5ccccc5)cc4C(c4ccccc4)N3)cc(-c3cc(-c4ccccc4)cc(-c4ccccc4)n3)c2)C=C1. The lowest BCUT2D eigenvalue weighted by Gasteiger charge is -2.29. The van der Waals surface area contributed by atoms with Gasteiger partial charge in [0.15, 0.2) is 0 Å². The minimum Gasteiger partial charge on any atom is -0.381 e. The summed E-state index contributed by atoms with van der Waals surface area (Å²) in [7, 11) is 0. The molecule has 4 nitrogen and oxygen atoms in total. The van der Waals surface area contributed by atoms with Gasteiger partial charge in [-0.1, -0.05) is 140 Å². The Morgan fingerprint density at radius 1 is 0.442 bits per heavy atom. The molecule has 2 aliphatic rings. The number of nitrogens with zero attached hydrogens (tertiary/aromatic N) is 2. The fourth-order valence-electron chi connectivity index (χ4n) is 7.12. The Bertz CT molecular complexity index is 2390. The molecule has 0 aliphatic carbocycles. The van der Waals surface area contributed by atoms with Crippen LogP contribution in [0.3, 0.4) is 0 Å². The van der Waals surface area contributed by atoms with Crippen LogP contribution in [0.2, 0.25) is 0 Å². The first-order chi connectivity index (χ1) is 25.7. The number of rotatable bonds is 7. The molecule has 2 aliphatic heterocycles. The van der Waals surface area contributed by atoms with E-state index in [4.69, 9.17) is 9.98 Å². The minimum absolute atomic E-state index is 0.00410. The maximum Gasteiger partial charge on any atom is 0.134 e. The summed E-state index contributed by atoms with van der Waals surface area (Å²) in [6.07, 6.45) is 8.31. The van der Waals surface area contributed by atoms with Crippen molar-refractivity contribution in [2.75, 3.05) is 0 Å². The predicted octanol–water partition coefficient (Wildman–Crippen LogP) is 11.2. The fraction of sp³-hybridized carbons (Fsp3) is 0.0417. The van der Waals surface area contributed by atoms with E-state index in [2.05, 4.69) is 187 Å². The fourth-order valence-corrected chi connectivity index (χ4v) is 7.12. The van der Waals surface area contributed by atoms with Crippen molar-refractivity contribution in [2.24, 2.45) is 4.99 Å². The molecule has 9 rings (SSSR count). The highest BCUT2D eigenvalue weighted by Crippen LogP contribution is 2.39. The normalized spacial score (nSPS) is 16.0. The van der Waals surface area contributed by atoms with Gasteiger partial charge in [-0.05, 0) is 88.1 Å². The molecule has 7 aromatic rings. The van der Waals surface area contributed by atoms with E-state index < -0.39 is 0 Å². The van der Waals surface area contributed by atoms with Gasteiger partial charge in [0.2, 0.25) is 0 Å². The summed E-state index contributed by atoms with van der Waals surface area (Å²) in [6.45, 7) is 0. The Morgan fingerprint density at radius 2 is 1.06 bits per heavy atom. The quantitative estimate of drug-likeness (QED) is 0.178. The van der Waals surface area contributed by atoms with Crippen LogP contribution in [0.25, 0.3) is 44.8 Å². The second kappa shape index (κ2) is 13.9. The van der Waals surface area contributed by atoms with Gasteiger partial charge in [0.25, 0.3) is 0 Å². The molecule has 4 heteroatoms. The first-order valence-electron chi connectivity index (χ1n) is 17.7. The Balaban J connectivity index is 1.21. The Morgan fingerprint density at radius 3 is 1.73 bits per heavy atom. The van der Waals surface area contributed by atoms with E-state index in [1.54, 1.807) is 0 Å². The van der Waals surface area contributed by atoms with Crippen LogP contribution in [0.4, 0.5) is 5.69 Å². The molecule has 1 aromatic heterocycles. The highest BCUT2D eigenvalue weighted by atomic mass is 15.1. The molecular weight excluding hydrogens is 633 g/mol. The summed E-state index contributed by atoms with van der Waals surface area (Å²) in [5, 5.41) is 7.42. The average molecular weight is 669 g/mol. The van der Waals surface area contributed by atoms with Gasteiger partial charge >= 0.3 is 0 Å². The van der Waals surface area contributed by atoms with Crippen LogP contribution in [0.5, 0.6) is 0 Å². The van der Waals surface area contributed by atoms with Crippen molar-refractivity contribution in [3.05, 3.63) is 217 Å². The summed E-state index contributed by atoms with van der Waals surface area (Å²) in [4.78, 5) is 10.6. The molecule has 248 valence electrons. The molecule has 2 unspecified atom stereocenters. The van der Waals surface area contributed by atoms with Gasteiger partial charge in [-0.15, -0.1) is 0 Å². The van der Waals surface area contributed by atoms with E-state index in [0.29, 0.717) is 0 Å². The van der Waals surface area contributed by atoms with E-state index in [1.807, 2.05) is 18.3 Å². The predicted molar refractivity (Wildman–Crippen MR) is 214 cm³/mol. The standard InChI is InChI=1S/C48H36N4/c1-5-15-33(16-6-1)37-24-25-44-42(30-37)47(36-21-11-4-12-22-36)52-48(51-44)41-28-39(43-23-13-14-26-49-43)27-40(29-41)46-32-38(34-17-7-2-8-18-34)31-45(50-46)35-19-9-3-10-20-35/h1-32,43,47,49H,(H,51,52). The number of allylic oxidation sites excluding steroid dienone is 2. The molecular formula is C48H36N4. The van der Waals surface area contributed by atoms with Crippen LogP contribution in [-0.4, -0.2) is 10.8 Å². The van der Waals surface area contributed by atoms with Crippen LogP contribution in [0.1, 0.15) is 34.3 Å². The number of hydrogen-bond donors (Lipinski definition) is 2. The zero-order valence-corrected chi connectivity index (χ0v) is 28.5. The lowest BCUT2D eigenvalue weighted by atomic mass is 9.91. The number of nitrogens with one attached hydrogen (secondary N) is 2. The molecule has 0 bridgehead atoms. The summed E-state index contributed by atoms with van der Waals surface area (Å²) >= 11 is 0. The molecule has 0 fully saturated rings. The zero-order chi connectivity index (χ0) is 34.7. The minimum atomic E-state index is -0.0840. The Hall–Kier alpha value is -6.78. The van der Waals surface area contributed by atoms with Gasteiger partial charge in [-0.25, -0.2) is 9.98 Å². The molecule has 2 atom stereocenters. The highest BCUT2D eigenvalue weighted by Gasteiger charge is 2.26. The van der Waals surface area contributed by atoms with Gasteiger partial charge in [0.05, 0.1) is 29.2 Å². The summed E-state index contributed by atoms with van der Waals surface area (Å²) in [6, 6.07) is 59.8. The smallest absolute Gasteiger partial charge is 0.134 e. The summed E-state index contributed by atoms with van der Waals surface area (Å²) in [5.74, 6) is 0.828. The monoisotopic (exact) mass is 668 g/mol. The lowest BCUT2D eigenvalue weighted by molar-refractivity contribution is 0.741. The number of dihydropyridines is 1. The number of hydrogen-bond acceptors (Lipinski definition) is 4. The van der Waals surface area contributed by atoms with Crippen molar-refractivity contribution in [1.29, 1.82) is 0 Å².